The smallest absolute Gasteiger partial charge is 0.294 e. The highest BCUT2D eigenvalue weighted by molar-refractivity contribution is 8.18. The van der Waals surface area contributed by atoms with E-state index in [1.165, 1.54) is 0 Å². The van der Waals surface area contributed by atoms with Crippen molar-refractivity contribution in [2.45, 2.75) is 13.5 Å². The van der Waals surface area contributed by atoms with E-state index in [1.54, 1.807) is 42.5 Å². The van der Waals surface area contributed by atoms with Gasteiger partial charge in [-0.25, -0.2) is 0 Å². The van der Waals surface area contributed by atoms with Gasteiger partial charge in [0.1, 0.15) is 13.2 Å². The van der Waals surface area contributed by atoms with Crippen LogP contribution in [0.25, 0.3) is 16.8 Å². The second-order valence-corrected chi connectivity index (χ2v) is 10.8. The molecule has 0 aromatic heterocycles. The topological polar surface area (TPSA) is 84.9 Å². The first-order valence-corrected chi connectivity index (χ1v) is 14.3. The lowest BCUT2D eigenvalue weighted by molar-refractivity contribution is -0.127. The molecule has 1 heterocycles. The van der Waals surface area contributed by atoms with Gasteiger partial charge in [0.05, 0.1) is 21.6 Å². The molecule has 0 bridgehead atoms. The van der Waals surface area contributed by atoms with E-state index in [1.807, 2.05) is 49.4 Å². The number of carbonyl (C=O) groups excluding carboxylic acids is 3. The van der Waals surface area contributed by atoms with Crippen LogP contribution in [0, 0.1) is 0 Å². The highest BCUT2D eigenvalue weighted by Gasteiger charge is 2.36. The Labute approximate surface area is 251 Å². The van der Waals surface area contributed by atoms with E-state index in [9.17, 15) is 14.4 Å². The zero-order valence-corrected chi connectivity index (χ0v) is 24.2. The minimum Gasteiger partial charge on any atom is -0.490 e. The fourth-order valence-corrected chi connectivity index (χ4v) is 5.41. The van der Waals surface area contributed by atoms with Crippen molar-refractivity contribution in [3.8, 4) is 11.5 Å². The number of carbonyl (C=O) groups is 3. The molecule has 1 N–H and O–H groups in total. The van der Waals surface area contributed by atoms with Crippen LogP contribution in [0.5, 0.6) is 11.5 Å². The fourth-order valence-electron chi connectivity index (χ4n) is 4.25. The number of hydrogen-bond acceptors (Lipinski definition) is 6. The maximum Gasteiger partial charge on any atom is 0.294 e. The summed E-state index contributed by atoms with van der Waals surface area (Å²) in [5.74, 6) is -0.0127. The van der Waals surface area contributed by atoms with Gasteiger partial charge in [-0.15, -0.1) is 0 Å². The molecule has 5 rings (SSSR count). The Morgan fingerprint density at radius 3 is 2.54 bits per heavy atom. The molecular weight excluding hydrogens is 583 g/mol. The summed E-state index contributed by atoms with van der Waals surface area (Å²) in [4.78, 5) is 39.7. The van der Waals surface area contributed by atoms with E-state index >= 15 is 0 Å². The molecule has 0 aliphatic carbocycles. The molecule has 3 amide bonds. The predicted octanol–water partition coefficient (Wildman–Crippen LogP) is 7.80. The summed E-state index contributed by atoms with van der Waals surface area (Å²) >= 11 is 12.9. The summed E-state index contributed by atoms with van der Waals surface area (Å²) in [7, 11) is 0. The van der Waals surface area contributed by atoms with Gasteiger partial charge in [0, 0.05) is 11.1 Å². The van der Waals surface area contributed by atoms with E-state index in [0.29, 0.717) is 39.4 Å². The van der Waals surface area contributed by atoms with Crippen molar-refractivity contribution in [2.75, 3.05) is 18.5 Å². The van der Waals surface area contributed by atoms with Crippen LogP contribution >= 0.6 is 35.0 Å². The summed E-state index contributed by atoms with van der Waals surface area (Å²) in [5.41, 5.74) is 2.09. The standard InChI is InChI=1S/C31H24Cl2N2O5S/c1-2-39-27-15-19(11-13-26(27)40-18-20-10-12-23(32)24(33)14-20)16-28-30(37)35(31(38)41-28)17-29(36)34-25-9-5-7-21-6-3-4-8-22(21)25/h3-16H,2,17-18H2,1H3,(H,34,36)/b28-16+. The number of rotatable bonds is 9. The monoisotopic (exact) mass is 606 g/mol. The van der Waals surface area contributed by atoms with E-state index < -0.39 is 23.6 Å². The minimum absolute atomic E-state index is 0.208. The molecule has 0 unspecified atom stereocenters. The van der Waals surface area contributed by atoms with Gasteiger partial charge in [-0.05, 0) is 71.6 Å². The van der Waals surface area contributed by atoms with Gasteiger partial charge in [-0.3, -0.25) is 19.3 Å². The van der Waals surface area contributed by atoms with Crippen LogP contribution in [-0.2, 0) is 16.2 Å². The van der Waals surface area contributed by atoms with Gasteiger partial charge in [0.25, 0.3) is 11.1 Å². The molecule has 4 aromatic carbocycles. The van der Waals surface area contributed by atoms with Crippen molar-refractivity contribution >= 4 is 74.6 Å². The molecule has 208 valence electrons. The summed E-state index contributed by atoms with van der Waals surface area (Å²) in [5, 5.41) is 5.04. The quantitative estimate of drug-likeness (QED) is 0.196. The average molecular weight is 608 g/mol. The third-order valence-corrected chi connectivity index (χ3v) is 7.83. The molecule has 1 fully saturated rings. The van der Waals surface area contributed by atoms with Crippen LogP contribution < -0.4 is 14.8 Å². The number of halogens is 2. The Kier molecular flexibility index (Phi) is 8.83. The third kappa shape index (κ3) is 6.68. The zero-order valence-electron chi connectivity index (χ0n) is 21.9. The van der Waals surface area contributed by atoms with Crippen LogP contribution in [0.1, 0.15) is 18.1 Å². The Morgan fingerprint density at radius 2 is 1.73 bits per heavy atom. The first-order valence-electron chi connectivity index (χ1n) is 12.7. The molecule has 7 nitrogen and oxygen atoms in total. The predicted molar refractivity (Wildman–Crippen MR) is 164 cm³/mol. The second kappa shape index (κ2) is 12.7. The lowest BCUT2D eigenvalue weighted by Gasteiger charge is -2.14. The molecular formula is C31H24Cl2N2O5S. The first kappa shape index (κ1) is 28.5. The van der Waals surface area contributed by atoms with Crippen molar-refractivity contribution < 1.29 is 23.9 Å². The molecule has 1 aliphatic heterocycles. The third-order valence-electron chi connectivity index (χ3n) is 6.18. The number of hydrogen-bond donors (Lipinski definition) is 1. The lowest BCUT2D eigenvalue weighted by Crippen LogP contribution is -2.36. The van der Waals surface area contributed by atoms with E-state index in [-0.39, 0.29) is 11.5 Å². The lowest BCUT2D eigenvalue weighted by atomic mass is 10.1. The van der Waals surface area contributed by atoms with Crippen molar-refractivity contribution in [1.82, 2.24) is 4.90 Å². The molecule has 10 heteroatoms. The van der Waals surface area contributed by atoms with Gasteiger partial charge < -0.3 is 14.8 Å². The molecule has 1 aliphatic rings. The van der Waals surface area contributed by atoms with E-state index in [2.05, 4.69) is 5.32 Å². The Bertz CT molecular complexity index is 1690. The van der Waals surface area contributed by atoms with Gasteiger partial charge >= 0.3 is 0 Å². The SMILES string of the molecule is CCOc1cc(/C=C2/SC(=O)N(CC(=O)Nc3cccc4ccccc34)C2=O)ccc1OCc1ccc(Cl)c(Cl)c1. The fraction of sp³-hybridized carbons (Fsp3) is 0.129. The number of benzene rings is 4. The largest absolute Gasteiger partial charge is 0.490 e. The number of nitrogens with one attached hydrogen (secondary N) is 1. The van der Waals surface area contributed by atoms with Crippen LogP contribution in [0.2, 0.25) is 10.0 Å². The highest BCUT2D eigenvalue weighted by Crippen LogP contribution is 2.35. The van der Waals surface area contributed by atoms with E-state index in [4.69, 9.17) is 32.7 Å². The van der Waals surface area contributed by atoms with Crippen LogP contribution in [0.4, 0.5) is 10.5 Å². The minimum atomic E-state index is -0.536. The molecule has 41 heavy (non-hydrogen) atoms. The number of nitrogens with zero attached hydrogens (tertiary/aromatic N) is 1. The Hall–Kier alpha value is -3.98. The highest BCUT2D eigenvalue weighted by atomic mass is 35.5. The summed E-state index contributed by atoms with van der Waals surface area (Å²) in [6.07, 6.45) is 1.60. The normalized spacial score (nSPS) is 14.1. The number of ether oxygens (including phenoxy) is 2. The van der Waals surface area contributed by atoms with Crippen LogP contribution in [0.3, 0.4) is 0 Å². The molecule has 4 aromatic rings. The summed E-state index contributed by atoms with van der Waals surface area (Å²) in [6.45, 7) is 2.10. The molecule has 1 saturated heterocycles. The Balaban J connectivity index is 1.27. The second-order valence-electron chi connectivity index (χ2n) is 9.02. The average Bonchev–Trinajstić information content (AvgIpc) is 3.22. The van der Waals surface area contributed by atoms with Crippen molar-refractivity contribution in [3.05, 3.63) is 105 Å². The van der Waals surface area contributed by atoms with Gasteiger partial charge in [-0.1, -0.05) is 71.7 Å². The van der Waals surface area contributed by atoms with Crippen molar-refractivity contribution in [3.63, 3.8) is 0 Å². The van der Waals surface area contributed by atoms with Crippen molar-refractivity contribution in [1.29, 1.82) is 0 Å². The molecule has 0 atom stereocenters. The number of thioether (sulfide) groups is 1. The van der Waals surface area contributed by atoms with Gasteiger partial charge in [0.15, 0.2) is 11.5 Å². The summed E-state index contributed by atoms with van der Waals surface area (Å²) < 4.78 is 11.7. The first-order chi connectivity index (χ1) is 19.8. The van der Waals surface area contributed by atoms with Crippen LogP contribution in [0.15, 0.2) is 83.8 Å². The number of anilines is 1. The van der Waals surface area contributed by atoms with Gasteiger partial charge in [-0.2, -0.15) is 0 Å². The zero-order chi connectivity index (χ0) is 28.9. The molecule has 0 spiro atoms. The van der Waals surface area contributed by atoms with Crippen LogP contribution in [-0.4, -0.2) is 35.1 Å². The number of imide groups is 1. The maximum atomic E-state index is 13.1. The summed E-state index contributed by atoms with van der Waals surface area (Å²) in [6, 6.07) is 23.7. The molecule has 0 radical (unpaired) electrons. The van der Waals surface area contributed by atoms with E-state index in [0.717, 1.165) is 33.0 Å². The number of fused-ring (bicyclic) bond motifs is 1. The number of amides is 3. The molecule has 0 saturated carbocycles. The van der Waals surface area contributed by atoms with Gasteiger partial charge in [0.2, 0.25) is 5.91 Å². The Morgan fingerprint density at radius 1 is 0.927 bits per heavy atom. The van der Waals surface area contributed by atoms with Crippen molar-refractivity contribution in [2.24, 2.45) is 0 Å². The maximum absolute atomic E-state index is 13.1.